The van der Waals surface area contributed by atoms with Crippen molar-refractivity contribution in [1.82, 2.24) is 0 Å². The van der Waals surface area contributed by atoms with Crippen LogP contribution in [0.5, 0.6) is 0 Å². The molecule has 0 N–H and O–H groups in total. The number of benzene rings is 1. The van der Waals surface area contributed by atoms with Crippen LogP contribution >= 0.6 is 0 Å². The lowest BCUT2D eigenvalue weighted by Crippen LogP contribution is -2.17. The van der Waals surface area contributed by atoms with Gasteiger partial charge in [-0.3, -0.25) is 9.59 Å². The van der Waals surface area contributed by atoms with Gasteiger partial charge in [-0.15, -0.1) is 0 Å². The van der Waals surface area contributed by atoms with Crippen molar-refractivity contribution in [2.45, 2.75) is 46.1 Å². The predicted molar refractivity (Wildman–Crippen MR) is 85.3 cm³/mol. The molecule has 4 nitrogen and oxygen atoms in total. The molecule has 120 valence electrons. The fourth-order valence-electron chi connectivity index (χ4n) is 2.04. The molecule has 0 saturated carbocycles. The van der Waals surface area contributed by atoms with E-state index in [2.05, 4.69) is 12.1 Å². The Morgan fingerprint density at radius 2 is 1.77 bits per heavy atom. The predicted octanol–water partition coefficient (Wildman–Crippen LogP) is 3.45. The van der Waals surface area contributed by atoms with Crippen molar-refractivity contribution >= 4 is 11.9 Å². The van der Waals surface area contributed by atoms with Crippen molar-refractivity contribution in [3.63, 3.8) is 0 Å². The summed E-state index contributed by atoms with van der Waals surface area (Å²) >= 11 is 0. The summed E-state index contributed by atoms with van der Waals surface area (Å²) in [6.07, 6.45) is 4.04. The highest BCUT2D eigenvalue weighted by atomic mass is 16.5. The van der Waals surface area contributed by atoms with Crippen LogP contribution in [0, 0.1) is 0 Å². The Labute approximate surface area is 132 Å². The summed E-state index contributed by atoms with van der Waals surface area (Å²) in [7, 11) is 0. The highest BCUT2D eigenvalue weighted by Gasteiger charge is 2.11. The van der Waals surface area contributed by atoms with E-state index in [1.54, 1.807) is 0 Å². The summed E-state index contributed by atoms with van der Waals surface area (Å²) in [5.74, 6) is -0.572. The minimum atomic E-state index is -0.298. The Hall–Kier alpha value is -2.10. The normalized spacial score (nSPS) is 12.6. The SMILES string of the molecule is CC(=O)OC/C(C)=C\CC(CCc1ccccc1)OC(C)=O. The second kappa shape index (κ2) is 9.77. The van der Waals surface area contributed by atoms with E-state index in [0.717, 1.165) is 18.4 Å². The van der Waals surface area contributed by atoms with Crippen LogP contribution in [-0.2, 0) is 25.5 Å². The standard InChI is InChI=1S/C18H24O4/c1-14(13-21-15(2)19)9-11-18(22-16(3)20)12-10-17-7-5-4-6-8-17/h4-9,18H,10-13H2,1-3H3/b14-9-. The van der Waals surface area contributed by atoms with Crippen LogP contribution in [0.3, 0.4) is 0 Å². The molecular formula is C18H24O4. The van der Waals surface area contributed by atoms with Gasteiger partial charge in [0.05, 0.1) is 0 Å². The van der Waals surface area contributed by atoms with Crippen molar-refractivity contribution < 1.29 is 19.1 Å². The molecule has 0 aromatic heterocycles. The fourth-order valence-corrected chi connectivity index (χ4v) is 2.04. The maximum absolute atomic E-state index is 11.2. The lowest BCUT2D eigenvalue weighted by Gasteiger charge is -2.16. The molecule has 0 aliphatic rings. The molecule has 0 aliphatic heterocycles. The van der Waals surface area contributed by atoms with Gasteiger partial charge in [-0.05, 0) is 30.9 Å². The number of carbonyl (C=O) groups excluding carboxylic acids is 2. The zero-order valence-electron chi connectivity index (χ0n) is 13.5. The molecule has 22 heavy (non-hydrogen) atoms. The molecule has 4 heteroatoms. The number of ether oxygens (including phenoxy) is 2. The Morgan fingerprint density at radius 3 is 2.36 bits per heavy atom. The van der Waals surface area contributed by atoms with Crippen molar-refractivity contribution in [2.75, 3.05) is 6.61 Å². The first-order chi connectivity index (χ1) is 10.5. The van der Waals surface area contributed by atoms with Gasteiger partial charge < -0.3 is 9.47 Å². The summed E-state index contributed by atoms with van der Waals surface area (Å²) in [6, 6.07) is 10.1. The van der Waals surface area contributed by atoms with Crippen molar-refractivity contribution in [2.24, 2.45) is 0 Å². The molecule has 1 rings (SSSR count). The average Bonchev–Trinajstić information content (AvgIpc) is 2.48. The molecule has 1 aromatic carbocycles. The second-order valence-corrected chi connectivity index (χ2v) is 5.32. The van der Waals surface area contributed by atoms with Gasteiger partial charge in [-0.2, -0.15) is 0 Å². The molecule has 1 unspecified atom stereocenters. The van der Waals surface area contributed by atoms with Gasteiger partial charge in [-0.25, -0.2) is 0 Å². The summed E-state index contributed by atoms with van der Waals surface area (Å²) in [6.45, 7) is 4.98. The van der Waals surface area contributed by atoms with E-state index in [0.29, 0.717) is 6.42 Å². The van der Waals surface area contributed by atoms with Crippen molar-refractivity contribution in [3.8, 4) is 0 Å². The summed E-state index contributed by atoms with van der Waals surface area (Å²) < 4.78 is 10.3. The van der Waals surface area contributed by atoms with Gasteiger partial charge in [0.15, 0.2) is 0 Å². The number of hydrogen-bond acceptors (Lipinski definition) is 4. The van der Waals surface area contributed by atoms with Crippen LogP contribution in [0.15, 0.2) is 42.0 Å². The topological polar surface area (TPSA) is 52.6 Å². The molecule has 0 heterocycles. The lowest BCUT2D eigenvalue weighted by atomic mass is 10.0. The Bertz CT molecular complexity index is 505. The van der Waals surface area contributed by atoms with E-state index in [4.69, 9.17) is 9.47 Å². The maximum Gasteiger partial charge on any atom is 0.302 e. The van der Waals surface area contributed by atoms with E-state index in [1.165, 1.54) is 19.4 Å². The third-order valence-corrected chi connectivity index (χ3v) is 3.16. The molecular weight excluding hydrogens is 280 g/mol. The summed E-state index contributed by atoms with van der Waals surface area (Å²) in [5.41, 5.74) is 2.17. The number of rotatable bonds is 8. The molecule has 1 aromatic rings. The molecule has 1 atom stereocenters. The maximum atomic E-state index is 11.2. The second-order valence-electron chi connectivity index (χ2n) is 5.32. The highest BCUT2D eigenvalue weighted by molar-refractivity contribution is 5.66. The molecule has 0 fully saturated rings. The Kier molecular flexibility index (Phi) is 7.97. The van der Waals surface area contributed by atoms with Crippen LogP contribution in [0.1, 0.15) is 39.2 Å². The zero-order valence-corrected chi connectivity index (χ0v) is 13.5. The molecule has 0 saturated heterocycles. The van der Waals surface area contributed by atoms with Gasteiger partial charge >= 0.3 is 11.9 Å². The van der Waals surface area contributed by atoms with Crippen molar-refractivity contribution in [1.29, 1.82) is 0 Å². The molecule has 0 aliphatic carbocycles. The number of aryl methyl sites for hydroxylation is 1. The van der Waals surface area contributed by atoms with Gasteiger partial charge in [0.1, 0.15) is 12.7 Å². The molecule has 0 radical (unpaired) electrons. The minimum Gasteiger partial charge on any atom is -0.462 e. The smallest absolute Gasteiger partial charge is 0.302 e. The molecule has 0 amide bonds. The van der Waals surface area contributed by atoms with Gasteiger partial charge in [0.25, 0.3) is 0 Å². The summed E-state index contributed by atoms with van der Waals surface area (Å²) in [5, 5.41) is 0. The first-order valence-corrected chi connectivity index (χ1v) is 7.47. The third-order valence-electron chi connectivity index (χ3n) is 3.16. The largest absolute Gasteiger partial charge is 0.462 e. The van der Waals surface area contributed by atoms with Crippen LogP contribution in [0.25, 0.3) is 0 Å². The fraction of sp³-hybridized carbons (Fsp3) is 0.444. The van der Waals surface area contributed by atoms with E-state index >= 15 is 0 Å². The Balaban J connectivity index is 2.51. The zero-order chi connectivity index (χ0) is 16.4. The molecule has 0 spiro atoms. The van der Waals surface area contributed by atoms with Crippen LogP contribution in [0.2, 0.25) is 0 Å². The third kappa shape index (κ3) is 8.25. The number of hydrogen-bond donors (Lipinski definition) is 0. The van der Waals surface area contributed by atoms with E-state index < -0.39 is 0 Å². The number of esters is 2. The van der Waals surface area contributed by atoms with E-state index in [1.807, 2.05) is 31.2 Å². The number of carbonyl (C=O) groups is 2. The highest BCUT2D eigenvalue weighted by Crippen LogP contribution is 2.12. The van der Waals surface area contributed by atoms with Crippen LogP contribution in [-0.4, -0.2) is 24.6 Å². The monoisotopic (exact) mass is 304 g/mol. The first-order valence-electron chi connectivity index (χ1n) is 7.47. The van der Waals surface area contributed by atoms with Crippen LogP contribution in [0.4, 0.5) is 0 Å². The Morgan fingerprint density at radius 1 is 1.09 bits per heavy atom. The van der Waals surface area contributed by atoms with Crippen LogP contribution < -0.4 is 0 Å². The van der Waals surface area contributed by atoms with Gasteiger partial charge in [0, 0.05) is 20.3 Å². The van der Waals surface area contributed by atoms with Crippen molar-refractivity contribution in [3.05, 3.63) is 47.5 Å². The summed E-state index contributed by atoms with van der Waals surface area (Å²) in [4.78, 5) is 22.0. The first kappa shape index (κ1) is 18.0. The minimum absolute atomic E-state index is 0.162. The van der Waals surface area contributed by atoms with E-state index in [9.17, 15) is 9.59 Å². The molecule has 0 bridgehead atoms. The lowest BCUT2D eigenvalue weighted by molar-refractivity contribution is -0.146. The average molecular weight is 304 g/mol. The quantitative estimate of drug-likeness (QED) is 0.545. The van der Waals surface area contributed by atoms with Gasteiger partial charge in [-0.1, -0.05) is 36.4 Å². The van der Waals surface area contributed by atoms with Gasteiger partial charge in [0.2, 0.25) is 0 Å². The van der Waals surface area contributed by atoms with E-state index in [-0.39, 0.29) is 24.6 Å².